The van der Waals surface area contributed by atoms with Gasteiger partial charge in [0.25, 0.3) is 0 Å². The highest BCUT2D eigenvalue weighted by atomic mass is 16.5. The van der Waals surface area contributed by atoms with Gasteiger partial charge in [0.15, 0.2) is 5.84 Å². The molecule has 0 aromatic heterocycles. The van der Waals surface area contributed by atoms with E-state index in [2.05, 4.69) is 177 Å². The lowest BCUT2D eigenvalue weighted by Crippen LogP contribution is -2.32. The fourth-order valence-electron chi connectivity index (χ4n) is 8.94. The summed E-state index contributed by atoms with van der Waals surface area (Å²) in [6.45, 7) is 2.25. The monoisotopic (exact) mass is 668 g/mol. The van der Waals surface area contributed by atoms with Crippen LogP contribution in [0.3, 0.4) is 0 Å². The second kappa shape index (κ2) is 12.2. The van der Waals surface area contributed by atoms with Crippen molar-refractivity contribution in [3.63, 3.8) is 0 Å². The van der Waals surface area contributed by atoms with Crippen molar-refractivity contribution in [1.29, 1.82) is 0 Å². The van der Waals surface area contributed by atoms with E-state index in [0.717, 1.165) is 40.6 Å². The molecule has 2 heterocycles. The molecule has 0 amide bonds. The Morgan fingerprint density at radius 3 is 1.75 bits per heavy atom. The van der Waals surface area contributed by atoms with Crippen LogP contribution in [0.1, 0.15) is 58.3 Å². The summed E-state index contributed by atoms with van der Waals surface area (Å²) in [6, 6.07) is 63.0. The summed E-state index contributed by atoms with van der Waals surface area (Å²) in [6.07, 6.45) is 0.934. The molecule has 2 aliphatic heterocycles. The number of amidine groups is 1. The van der Waals surface area contributed by atoms with Gasteiger partial charge < -0.3 is 4.74 Å². The molecule has 7 aromatic carbocycles. The molecule has 0 N–H and O–H groups in total. The van der Waals surface area contributed by atoms with Crippen molar-refractivity contribution >= 4 is 11.5 Å². The van der Waals surface area contributed by atoms with E-state index in [9.17, 15) is 0 Å². The third-order valence-corrected chi connectivity index (χ3v) is 11.2. The smallest absolute Gasteiger partial charge is 0.155 e. The molecule has 0 radical (unpaired) electrons. The first-order chi connectivity index (χ1) is 25.8. The Kier molecular flexibility index (Phi) is 7.14. The van der Waals surface area contributed by atoms with E-state index in [1.165, 1.54) is 50.1 Å². The molecule has 3 aliphatic rings. The van der Waals surface area contributed by atoms with E-state index in [1.807, 2.05) is 6.07 Å². The van der Waals surface area contributed by atoms with Gasteiger partial charge in [-0.2, -0.15) is 0 Å². The van der Waals surface area contributed by atoms with Crippen LogP contribution in [-0.4, -0.2) is 11.5 Å². The number of ether oxygens (including phenoxy) is 1. The first kappa shape index (κ1) is 30.5. The average molecular weight is 669 g/mol. The number of para-hydroxylation sites is 2. The van der Waals surface area contributed by atoms with Gasteiger partial charge >= 0.3 is 0 Å². The predicted molar refractivity (Wildman–Crippen MR) is 212 cm³/mol. The first-order valence-electron chi connectivity index (χ1n) is 18.2. The van der Waals surface area contributed by atoms with Crippen LogP contribution in [0.15, 0.2) is 186 Å². The van der Waals surface area contributed by atoms with Crippen LogP contribution in [0, 0.1) is 5.92 Å². The molecule has 7 aromatic rings. The van der Waals surface area contributed by atoms with Crippen molar-refractivity contribution in [2.45, 2.75) is 24.8 Å². The van der Waals surface area contributed by atoms with Crippen molar-refractivity contribution in [1.82, 2.24) is 0 Å². The largest absolute Gasteiger partial charge is 0.457 e. The van der Waals surface area contributed by atoms with E-state index in [0.29, 0.717) is 0 Å². The lowest BCUT2D eigenvalue weighted by Gasteiger charge is -2.39. The van der Waals surface area contributed by atoms with Gasteiger partial charge in [-0.1, -0.05) is 171 Å². The van der Waals surface area contributed by atoms with Crippen LogP contribution in [0.5, 0.6) is 11.5 Å². The Labute approximate surface area is 304 Å². The number of rotatable bonds is 5. The molecular weight excluding hydrogens is 633 g/mol. The summed E-state index contributed by atoms with van der Waals surface area (Å²) in [5, 5.41) is 0. The molecule has 248 valence electrons. The first-order valence-corrected chi connectivity index (χ1v) is 18.2. The van der Waals surface area contributed by atoms with Gasteiger partial charge in [0.1, 0.15) is 11.5 Å². The van der Waals surface area contributed by atoms with E-state index in [4.69, 9.17) is 14.7 Å². The Hall–Kier alpha value is -6.32. The number of benzene rings is 7. The number of fused-ring (bicyclic) bond motifs is 9. The second-order valence-electron chi connectivity index (χ2n) is 13.9. The molecule has 1 aliphatic carbocycles. The molecule has 0 saturated carbocycles. The summed E-state index contributed by atoms with van der Waals surface area (Å²) < 4.78 is 6.55. The highest BCUT2D eigenvalue weighted by Gasteiger charge is 2.51. The molecule has 0 fully saturated rings. The van der Waals surface area contributed by atoms with Crippen molar-refractivity contribution in [3.8, 4) is 33.8 Å². The molecule has 2 unspecified atom stereocenters. The maximum absolute atomic E-state index is 6.55. The van der Waals surface area contributed by atoms with E-state index in [-0.39, 0.29) is 12.0 Å². The quantitative estimate of drug-likeness (QED) is 0.180. The van der Waals surface area contributed by atoms with E-state index < -0.39 is 5.41 Å². The minimum atomic E-state index is -0.488. The van der Waals surface area contributed by atoms with Crippen molar-refractivity contribution in [3.05, 3.63) is 215 Å². The van der Waals surface area contributed by atoms with Crippen molar-refractivity contribution in [2.24, 2.45) is 15.9 Å². The standard InChI is InChI=1S/C49H36N2O/c1-2-36-46(33-16-5-3-6-17-33)50-48(35-18-7-4-8-19-35)51-47(36)34-30-28-32(29-31-34)37-21-15-25-42-45(37)38-20-9-10-22-39(38)49(42)40-23-11-13-26-43(40)52-44-27-14-12-24-41(44)49/h3-31,36,46H,2H2,1H3. The number of hydrogen-bond donors (Lipinski definition) is 0. The van der Waals surface area contributed by atoms with E-state index in [1.54, 1.807) is 0 Å². The SMILES string of the molecule is CCC1C(c2ccc(-c3cccc4c3-c3ccccc3C43c4ccccc4Oc4ccccc43)cc2)=NC(c2ccccc2)=NC1c1ccccc1. The Morgan fingerprint density at radius 1 is 0.500 bits per heavy atom. The molecule has 1 spiro atoms. The lowest BCUT2D eigenvalue weighted by atomic mass is 9.66. The van der Waals surface area contributed by atoms with Crippen LogP contribution >= 0.6 is 0 Å². The van der Waals surface area contributed by atoms with Crippen LogP contribution in [0.2, 0.25) is 0 Å². The highest BCUT2D eigenvalue weighted by Crippen LogP contribution is 2.63. The summed E-state index contributed by atoms with van der Waals surface area (Å²) in [5.41, 5.74) is 13.9. The van der Waals surface area contributed by atoms with Gasteiger partial charge in [-0.15, -0.1) is 0 Å². The number of hydrogen-bond acceptors (Lipinski definition) is 3. The summed E-state index contributed by atoms with van der Waals surface area (Å²) in [5.74, 6) is 2.76. The maximum Gasteiger partial charge on any atom is 0.155 e. The third-order valence-electron chi connectivity index (χ3n) is 11.2. The average Bonchev–Trinajstić information content (AvgIpc) is 3.52. The van der Waals surface area contributed by atoms with Gasteiger partial charge in [-0.3, -0.25) is 4.99 Å². The van der Waals surface area contributed by atoms with Gasteiger partial charge in [0, 0.05) is 22.6 Å². The molecule has 10 rings (SSSR count). The molecule has 3 nitrogen and oxygen atoms in total. The van der Waals surface area contributed by atoms with Crippen LogP contribution in [-0.2, 0) is 5.41 Å². The second-order valence-corrected chi connectivity index (χ2v) is 13.9. The van der Waals surface area contributed by atoms with Crippen molar-refractivity contribution < 1.29 is 4.74 Å². The summed E-state index contributed by atoms with van der Waals surface area (Å²) in [4.78, 5) is 10.6. The van der Waals surface area contributed by atoms with Gasteiger partial charge in [0.2, 0.25) is 0 Å². The summed E-state index contributed by atoms with van der Waals surface area (Å²) >= 11 is 0. The molecule has 2 atom stereocenters. The Morgan fingerprint density at radius 2 is 1.06 bits per heavy atom. The fraction of sp³-hybridized carbons (Fsp3) is 0.102. The minimum absolute atomic E-state index is 0.0103. The normalized spacial score (nSPS) is 17.6. The molecular formula is C49H36N2O. The third kappa shape index (κ3) is 4.52. The highest BCUT2D eigenvalue weighted by molar-refractivity contribution is 6.15. The topological polar surface area (TPSA) is 34.0 Å². The van der Waals surface area contributed by atoms with E-state index >= 15 is 0 Å². The number of nitrogens with zero attached hydrogens (tertiary/aromatic N) is 2. The molecule has 52 heavy (non-hydrogen) atoms. The maximum atomic E-state index is 6.55. The van der Waals surface area contributed by atoms with Gasteiger partial charge in [-0.25, -0.2) is 4.99 Å². The van der Waals surface area contributed by atoms with Crippen LogP contribution in [0.4, 0.5) is 0 Å². The summed E-state index contributed by atoms with van der Waals surface area (Å²) in [7, 11) is 0. The molecule has 0 saturated heterocycles. The zero-order valence-electron chi connectivity index (χ0n) is 28.9. The van der Waals surface area contributed by atoms with Crippen molar-refractivity contribution in [2.75, 3.05) is 0 Å². The van der Waals surface area contributed by atoms with Crippen LogP contribution in [0.25, 0.3) is 22.3 Å². The lowest BCUT2D eigenvalue weighted by molar-refractivity contribution is 0.436. The predicted octanol–water partition coefficient (Wildman–Crippen LogP) is 11.8. The minimum Gasteiger partial charge on any atom is -0.457 e. The zero-order valence-corrected chi connectivity index (χ0v) is 28.9. The van der Waals surface area contributed by atoms with Gasteiger partial charge in [-0.05, 0) is 63.1 Å². The Balaban J connectivity index is 1.12. The molecule has 3 heteroatoms. The Bertz CT molecular complexity index is 2490. The zero-order chi connectivity index (χ0) is 34.6. The fourth-order valence-corrected chi connectivity index (χ4v) is 8.94. The van der Waals surface area contributed by atoms with Gasteiger partial charge in [0.05, 0.1) is 17.2 Å². The molecule has 0 bridgehead atoms. The van der Waals surface area contributed by atoms with Crippen LogP contribution < -0.4 is 4.74 Å². The number of aliphatic imine (C=N–C) groups is 2.